The van der Waals surface area contributed by atoms with Crippen molar-refractivity contribution in [1.29, 1.82) is 0 Å². The van der Waals surface area contributed by atoms with Crippen LogP contribution in [0.1, 0.15) is 80.2 Å². The van der Waals surface area contributed by atoms with Crippen LogP contribution >= 0.6 is 21.6 Å². The maximum atomic E-state index is 13.8. The number of benzene rings is 2. The molecule has 0 saturated heterocycles. The lowest BCUT2D eigenvalue weighted by Gasteiger charge is -2.35. The third-order valence-electron chi connectivity index (χ3n) is 12.0. The Labute approximate surface area is 348 Å². The molecule has 0 radical (unpaired) electrons. The Hall–Kier alpha value is -5.28. The molecule has 5 aromatic rings. The fraction of sp³-hybridized carbons (Fsp3) is 0.409. The molecule has 9 rings (SSSR count). The van der Waals surface area contributed by atoms with E-state index in [1.165, 1.54) is 39.1 Å². The van der Waals surface area contributed by atoms with Crippen LogP contribution in [0.4, 0.5) is 9.59 Å². The summed E-state index contributed by atoms with van der Waals surface area (Å²) in [6.07, 6.45) is 7.95. The van der Waals surface area contributed by atoms with Gasteiger partial charge in [0.05, 0.1) is 53.3 Å². The molecule has 306 valence electrons. The summed E-state index contributed by atoms with van der Waals surface area (Å²) in [6.45, 7) is 1.97. The average molecular weight is 837 g/mol. The lowest BCUT2D eigenvalue weighted by molar-refractivity contribution is -0.175. The summed E-state index contributed by atoms with van der Waals surface area (Å²) in [5.74, 6) is 0.432. The predicted molar refractivity (Wildman–Crippen MR) is 223 cm³/mol. The van der Waals surface area contributed by atoms with Crippen molar-refractivity contribution < 1.29 is 38.1 Å². The number of aromatic nitrogens is 4. The Morgan fingerprint density at radius 2 is 1.71 bits per heavy atom. The normalized spacial score (nSPS) is 19.5. The van der Waals surface area contributed by atoms with Gasteiger partial charge in [0.1, 0.15) is 25.9 Å². The molecule has 0 bridgehead atoms. The van der Waals surface area contributed by atoms with E-state index in [-0.39, 0.29) is 61.0 Å². The zero-order valence-electron chi connectivity index (χ0n) is 32.6. The maximum absolute atomic E-state index is 13.8. The second-order valence-electron chi connectivity index (χ2n) is 15.3. The van der Waals surface area contributed by atoms with Crippen LogP contribution in [0.25, 0.3) is 33.5 Å². The van der Waals surface area contributed by atoms with Crippen molar-refractivity contribution in [2.75, 3.05) is 24.7 Å². The van der Waals surface area contributed by atoms with Crippen LogP contribution in [0.3, 0.4) is 0 Å². The number of hydrogen-bond acceptors (Lipinski definition) is 13. The largest absolute Gasteiger partial charge is 0.509 e. The van der Waals surface area contributed by atoms with E-state index in [2.05, 4.69) is 21.7 Å². The average Bonchev–Trinajstić information content (AvgIpc) is 3.96. The first-order valence-electron chi connectivity index (χ1n) is 20.2. The monoisotopic (exact) mass is 836 g/mol. The molecule has 3 aliphatic heterocycles. The number of imidazole rings is 1. The van der Waals surface area contributed by atoms with Crippen LogP contribution < -0.4 is 5.56 Å². The number of fused-ring (bicyclic) bond motifs is 8. The van der Waals surface area contributed by atoms with Gasteiger partial charge in [-0.15, -0.1) is 0 Å². The van der Waals surface area contributed by atoms with Gasteiger partial charge < -0.3 is 32.8 Å². The molecule has 6 heterocycles. The Kier molecular flexibility index (Phi) is 11.1. The topological polar surface area (TPSA) is 150 Å². The molecule has 1 aliphatic carbocycles. The number of esters is 1. The highest BCUT2D eigenvalue weighted by Gasteiger charge is 2.51. The van der Waals surface area contributed by atoms with Gasteiger partial charge in [0.15, 0.2) is 0 Å². The van der Waals surface area contributed by atoms with Gasteiger partial charge in [-0.3, -0.25) is 4.79 Å². The molecule has 0 spiro atoms. The van der Waals surface area contributed by atoms with E-state index in [0.717, 1.165) is 47.8 Å². The molecule has 3 atom stereocenters. The van der Waals surface area contributed by atoms with Crippen molar-refractivity contribution in [1.82, 2.24) is 19.1 Å². The number of hydrogen-bond donors (Lipinski definition) is 0. The predicted octanol–water partition coefficient (Wildman–Crippen LogP) is 8.58. The van der Waals surface area contributed by atoms with Gasteiger partial charge in [-0.25, -0.2) is 24.4 Å². The highest BCUT2D eigenvalue weighted by Crippen LogP contribution is 2.44. The molecule has 0 N–H and O–H groups in total. The van der Waals surface area contributed by atoms with E-state index in [0.29, 0.717) is 35.9 Å². The first-order chi connectivity index (χ1) is 28.8. The minimum Gasteiger partial charge on any atom is -0.457 e. The van der Waals surface area contributed by atoms with E-state index in [1.54, 1.807) is 17.6 Å². The number of pyridine rings is 2. The van der Waals surface area contributed by atoms with Gasteiger partial charge in [-0.2, -0.15) is 0 Å². The molecule has 2 unspecified atom stereocenters. The van der Waals surface area contributed by atoms with Crippen molar-refractivity contribution in [2.24, 2.45) is 5.92 Å². The van der Waals surface area contributed by atoms with Crippen LogP contribution in [0.5, 0.6) is 0 Å². The molecule has 13 nitrogen and oxygen atoms in total. The van der Waals surface area contributed by atoms with Crippen molar-refractivity contribution >= 4 is 50.8 Å². The van der Waals surface area contributed by atoms with Crippen LogP contribution in [0.2, 0.25) is 0 Å². The summed E-state index contributed by atoms with van der Waals surface area (Å²) in [7, 11) is 2.91. The van der Waals surface area contributed by atoms with Crippen LogP contribution in [-0.2, 0) is 47.2 Å². The van der Waals surface area contributed by atoms with Crippen LogP contribution in [0, 0.1) is 5.92 Å². The molecule has 59 heavy (non-hydrogen) atoms. The second-order valence-corrected chi connectivity index (χ2v) is 18.0. The lowest BCUT2D eigenvalue weighted by Crippen LogP contribution is -2.47. The van der Waals surface area contributed by atoms with Gasteiger partial charge in [-0.05, 0) is 48.9 Å². The Bertz CT molecular complexity index is 2480. The van der Waals surface area contributed by atoms with E-state index in [9.17, 15) is 19.2 Å². The molecule has 1 fully saturated rings. The van der Waals surface area contributed by atoms with Gasteiger partial charge in [-0.1, -0.05) is 90.2 Å². The van der Waals surface area contributed by atoms with Gasteiger partial charge in [0, 0.05) is 40.0 Å². The number of carbonyl (C=O) groups is 3. The van der Waals surface area contributed by atoms with Gasteiger partial charge >= 0.3 is 18.3 Å². The van der Waals surface area contributed by atoms with E-state index >= 15 is 0 Å². The zero-order valence-corrected chi connectivity index (χ0v) is 34.3. The van der Waals surface area contributed by atoms with Gasteiger partial charge in [0.25, 0.3) is 5.56 Å². The number of carbonyl (C=O) groups excluding carboxylic acids is 3. The first kappa shape index (κ1) is 39.2. The van der Waals surface area contributed by atoms with E-state index in [1.807, 2.05) is 55.0 Å². The Morgan fingerprint density at radius 1 is 0.949 bits per heavy atom. The number of rotatable bonds is 13. The minimum atomic E-state index is -1.85. The fourth-order valence-electron chi connectivity index (χ4n) is 9.08. The number of cyclic esters (lactones) is 1. The van der Waals surface area contributed by atoms with Crippen molar-refractivity contribution in [3.8, 4) is 22.6 Å². The minimum absolute atomic E-state index is 0.00427. The molecule has 0 amide bonds. The smallest absolute Gasteiger partial charge is 0.457 e. The summed E-state index contributed by atoms with van der Waals surface area (Å²) in [5.41, 5.74) is 4.72. The Morgan fingerprint density at radius 3 is 2.53 bits per heavy atom. The lowest BCUT2D eigenvalue weighted by atomic mass is 9.82. The van der Waals surface area contributed by atoms with Crippen molar-refractivity contribution in [2.45, 2.75) is 82.8 Å². The molecular formula is C44H44N4O9S2. The summed E-state index contributed by atoms with van der Waals surface area (Å²) in [6, 6.07) is 19.8. The van der Waals surface area contributed by atoms with Gasteiger partial charge in [0.2, 0.25) is 5.60 Å². The summed E-state index contributed by atoms with van der Waals surface area (Å²) in [5, 5.41) is 0.962. The quantitative estimate of drug-likeness (QED) is 0.0473. The highest BCUT2D eigenvalue weighted by molar-refractivity contribution is 8.76. The molecule has 1 saturated carbocycles. The summed E-state index contributed by atoms with van der Waals surface area (Å²) >= 11 is 0. The van der Waals surface area contributed by atoms with E-state index < -0.39 is 23.9 Å². The third-order valence-corrected chi connectivity index (χ3v) is 14.3. The SMILES string of the molecule is CC[C@@]1(OC(=O)OCCSSCCOC(=O)OC(CC2c3ccccc3-c3cncn32)C2CCCCC2)C(=O)OCc2c1cc1n(c2=O)Cc2cc3ccccc3nc2-1. The summed E-state index contributed by atoms with van der Waals surface area (Å²) < 4.78 is 32.0. The second kappa shape index (κ2) is 16.8. The van der Waals surface area contributed by atoms with E-state index in [4.69, 9.17) is 28.7 Å². The molecular weight excluding hydrogens is 793 g/mol. The number of para-hydroxylation sites is 1. The van der Waals surface area contributed by atoms with Crippen molar-refractivity contribution in [3.05, 3.63) is 106 Å². The zero-order chi connectivity index (χ0) is 40.5. The van der Waals surface area contributed by atoms with Crippen LogP contribution in [-0.4, -0.2) is 68.2 Å². The molecule has 3 aromatic heterocycles. The molecule has 15 heteroatoms. The van der Waals surface area contributed by atoms with Crippen LogP contribution in [0.15, 0.2) is 78.0 Å². The third kappa shape index (κ3) is 7.47. The maximum Gasteiger partial charge on any atom is 0.509 e. The number of ether oxygens (including phenoxy) is 5. The van der Waals surface area contributed by atoms with Crippen molar-refractivity contribution in [3.63, 3.8) is 0 Å². The number of nitrogens with zero attached hydrogens (tertiary/aromatic N) is 4. The Balaban J connectivity index is 0.758. The standard InChI is InChI=1S/C44H44N4O9S2/c1-2-44(33-21-36-39-29(20-28-12-6-9-15-34(28)46-39)24-47(36)40(49)32(33)25-55-41(44)50)57-43(52)54-17-19-59-58-18-16-53-42(51)56-38(27-10-4-3-5-11-27)22-35-30-13-7-8-14-31(30)37-23-45-26-48(35)37/h6-9,12-15,20-21,23,26-27,35,38H,2-5,10-11,16-19,22,24-25H2,1H3/t35?,38?,44-/m0/s1. The highest BCUT2D eigenvalue weighted by atomic mass is 33.1. The first-order valence-corrected chi connectivity index (χ1v) is 22.7. The molecule has 2 aromatic carbocycles. The fourth-order valence-corrected chi connectivity index (χ4v) is 10.7. The molecule has 4 aliphatic rings. The summed E-state index contributed by atoms with van der Waals surface area (Å²) in [4.78, 5) is 62.5.